The average Bonchev–Trinajstić information content (AvgIpc) is 3.31. The van der Waals surface area contributed by atoms with Crippen LogP contribution in [0.25, 0.3) is 0 Å². The smallest absolute Gasteiger partial charge is 0.254 e. The second-order valence-corrected chi connectivity index (χ2v) is 10.1. The Bertz CT molecular complexity index is 1310. The first kappa shape index (κ1) is 25.0. The van der Waals surface area contributed by atoms with Crippen molar-refractivity contribution in [3.8, 4) is 5.75 Å². The van der Waals surface area contributed by atoms with Gasteiger partial charge in [0.25, 0.3) is 5.91 Å². The third-order valence-electron chi connectivity index (χ3n) is 7.47. The summed E-state index contributed by atoms with van der Waals surface area (Å²) in [5.74, 6) is 6.99. The van der Waals surface area contributed by atoms with Crippen molar-refractivity contribution in [3.05, 3.63) is 70.5 Å². The lowest BCUT2D eigenvalue weighted by Crippen LogP contribution is -2.50. The van der Waals surface area contributed by atoms with Crippen LogP contribution in [0.4, 0.5) is 17.3 Å². The van der Waals surface area contributed by atoms with Crippen molar-refractivity contribution in [2.24, 2.45) is 5.84 Å². The number of methoxy groups -OCH3 is 1. The third-order valence-corrected chi connectivity index (χ3v) is 7.47. The van der Waals surface area contributed by atoms with Crippen LogP contribution in [0.3, 0.4) is 0 Å². The van der Waals surface area contributed by atoms with Crippen LogP contribution in [0.15, 0.2) is 42.6 Å². The number of aryl methyl sites for hydroxylation is 2. The molecule has 194 valence electrons. The molecule has 1 amide bonds. The third kappa shape index (κ3) is 5.23. The SMILES string of the molecule is COc1cc(C)cc(Nc2ncc3c(n2)CN([C@@H]2CCN(C(=O)c4ccc(NN)cc4C)[C@H](C)C2)C3)c1. The van der Waals surface area contributed by atoms with Gasteiger partial charge in [0.05, 0.1) is 12.8 Å². The van der Waals surface area contributed by atoms with E-state index in [1.54, 1.807) is 7.11 Å². The van der Waals surface area contributed by atoms with E-state index >= 15 is 0 Å². The Morgan fingerprint density at radius 3 is 2.70 bits per heavy atom. The molecule has 9 heteroatoms. The van der Waals surface area contributed by atoms with Gasteiger partial charge in [-0.3, -0.25) is 15.5 Å². The van der Waals surface area contributed by atoms with Crippen molar-refractivity contribution in [2.45, 2.75) is 58.8 Å². The predicted molar refractivity (Wildman–Crippen MR) is 145 cm³/mol. The van der Waals surface area contributed by atoms with Gasteiger partial charge in [0, 0.05) is 66.5 Å². The van der Waals surface area contributed by atoms with E-state index in [1.165, 1.54) is 5.56 Å². The number of nitrogens with zero attached hydrogens (tertiary/aromatic N) is 4. The predicted octanol–water partition coefficient (Wildman–Crippen LogP) is 4.14. The molecule has 5 rings (SSSR count). The molecule has 1 fully saturated rings. The van der Waals surface area contributed by atoms with Crippen LogP contribution in [-0.2, 0) is 13.1 Å². The molecule has 1 saturated heterocycles. The summed E-state index contributed by atoms with van der Waals surface area (Å²) in [6.45, 7) is 8.50. The molecule has 0 aliphatic carbocycles. The maximum atomic E-state index is 13.3. The van der Waals surface area contributed by atoms with Crippen molar-refractivity contribution in [2.75, 3.05) is 24.4 Å². The zero-order valence-corrected chi connectivity index (χ0v) is 21.9. The molecule has 3 heterocycles. The number of rotatable bonds is 6. The molecular formula is C28H35N7O2. The van der Waals surface area contributed by atoms with Crippen LogP contribution < -0.4 is 21.3 Å². The number of hydrazine groups is 1. The van der Waals surface area contributed by atoms with E-state index in [0.29, 0.717) is 12.0 Å². The fourth-order valence-corrected chi connectivity index (χ4v) is 5.49. The first-order valence-electron chi connectivity index (χ1n) is 12.7. The summed E-state index contributed by atoms with van der Waals surface area (Å²) in [5, 5.41) is 3.32. The minimum atomic E-state index is 0.0890. The van der Waals surface area contributed by atoms with Crippen LogP contribution in [0.5, 0.6) is 5.75 Å². The van der Waals surface area contributed by atoms with Crippen molar-refractivity contribution in [1.29, 1.82) is 0 Å². The first-order chi connectivity index (χ1) is 17.8. The van der Waals surface area contributed by atoms with Crippen molar-refractivity contribution >= 4 is 23.2 Å². The lowest BCUT2D eigenvalue weighted by molar-refractivity contribution is 0.0460. The number of piperidine rings is 1. The Hall–Kier alpha value is -3.69. The number of nitrogens with two attached hydrogens (primary N) is 1. The minimum Gasteiger partial charge on any atom is -0.497 e. The molecule has 0 bridgehead atoms. The van der Waals surface area contributed by atoms with Gasteiger partial charge in [-0.05, 0) is 75.1 Å². The highest BCUT2D eigenvalue weighted by molar-refractivity contribution is 5.96. The molecule has 9 nitrogen and oxygen atoms in total. The van der Waals surface area contributed by atoms with Gasteiger partial charge >= 0.3 is 0 Å². The van der Waals surface area contributed by atoms with Crippen LogP contribution >= 0.6 is 0 Å². The van der Waals surface area contributed by atoms with Gasteiger partial charge < -0.3 is 20.4 Å². The Morgan fingerprint density at radius 2 is 1.97 bits per heavy atom. The van der Waals surface area contributed by atoms with Gasteiger partial charge in [0.1, 0.15) is 5.75 Å². The summed E-state index contributed by atoms with van der Waals surface area (Å²) < 4.78 is 5.38. The van der Waals surface area contributed by atoms with Gasteiger partial charge in [-0.1, -0.05) is 0 Å². The highest BCUT2D eigenvalue weighted by atomic mass is 16.5. The zero-order valence-electron chi connectivity index (χ0n) is 21.9. The number of amides is 1. The Morgan fingerprint density at radius 1 is 1.14 bits per heavy atom. The number of aromatic nitrogens is 2. The quantitative estimate of drug-likeness (QED) is 0.342. The summed E-state index contributed by atoms with van der Waals surface area (Å²) in [4.78, 5) is 27.2. The van der Waals surface area contributed by atoms with Gasteiger partial charge in [-0.2, -0.15) is 0 Å². The number of anilines is 3. The number of ether oxygens (including phenoxy) is 1. The molecule has 2 aromatic carbocycles. The zero-order chi connectivity index (χ0) is 26.1. The fourth-order valence-electron chi connectivity index (χ4n) is 5.49. The lowest BCUT2D eigenvalue weighted by atomic mass is 9.95. The Balaban J connectivity index is 1.22. The molecule has 0 unspecified atom stereocenters. The number of hydrogen-bond donors (Lipinski definition) is 3. The average molecular weight is 502 g/mol. The highest BCUT2D eigenvalue weighted by Crippen LogP contribution is 2.31. The number of fused-ring (bicyclic) bond motifs is 1. The molecule has 0 radical (unpaired) electrons. The number of carbonyl (C=O) groups excluding carboxylic acids is 1. The van der Waals surface area contributed by atoms with Crippen LogP contribution in [-0.4, -0.2) is 51.4 Å². The number of nitrogen functional groups attached to an aromatic ring is 1. The van der Waals surface area contributed by atoms with Crippen LogP contribution in [0.2, 0.25) is 0 Å². The minimum absolute atomic E-state index is 0.0890. The van der Waals surface area contributed by atoms with Gasteiger partial charge in [0.15, 0.2) is 0 Å². The highest BCUT2D eigenvalue weighted by Gasteiger charge is 2.35. The van der Waals surface area contributed by atoms with Crippen molar-refractivity contribution < 1.29 is 9.53 Å². The second kappa shape index (κ2) is 10.4. The molecule has 0 saturated carbocycles. The van der Waals surface area contributed by atoms with E-state index in [0.717, 1.165) is 72.0 Å². The van der Waals surface area contributed by atoms with E-state index in [1.807, 2.05) is 61.3 Å². The summed E-state index contributed by atoms with van der Waals surface area (Å²) in [6, 6.07) is 12.1. The topological polar surface area (TPSA) is 109 Å². The molecule has 1 aromatic heterocycles. The Labute approximate surface area is 218 Å². The summed E-state index contributed by atoms with van der Waals surface area (Å²) in [6.07, 6.45) is 3.80. The van der Waals surface area contributed by atoms with Gasteiger partial charge in [-0.25, -0.2) is 9.97 Å². The number of hydrogen-bond acceptors (Lipinski definition) is 8. The summed E-state index contributed by atoms with van der Waals surface area (Å²) in [7, 11) is 1.67. The molecule has 2 atom stereocenters. The molecule has 37 heavy (non-hydrogen) atoms. The maximum absolute atomic E-state index is 13.3. The van der Waals surface area contributed by atoms with Crippen LogP contribution in [0, 0.1) is 13.8 Å². The van der Waals surface area contributed by atoms with E-state index in [-0.39, 0.29) is 11.9 Å². The summed E-state index contributed by atoms with van der Waals surface area (Å²) in [5.41, 5.74) is 9.34. The van der Waals surface area contributed by atoms with E-state index in [2.05, 4.69) is 27.6 Å². The second-order valence-electron chi connectivity index (χ2n) is 10.1. The van der Waals surface area contributed by atoms with Gasteiger partial charge in [-0.15, -0.1) is 0 Å². The van der Waals surface area contributed by atoms with Gasteiger partial charge in [0.2, 0.25) is 5.95 Å². The van der Waals surface area contributed by atoms with E-state index in [9.17, 15) is 4.79 Å². The molecular weight excluding hydrogens is 466 g/mol. The standard InChI is InChI=1S/C28H35N7O2/c1-17-9-22(13-24(10-17)37-4)31-28-30-14-20-15-34(16-26(20)32-28)23-7-8-35(19(3)12-23)27(36)25-6-5-21(33-29)11-18(25)2/h5-6,9-11,13-14,19,23,33H,7-8,12,15-16,29H2,1-4H3,(H,30,31,32)/t19-,23-/m1/s1. The largest absolute Gasteiger partial charge is 0.497 e. The summed E-state index contributed by atoms with van der Waals surface area (Å²) >= 11 is 0. The molecule has 4 N–H and O–H groups in total. The number of likely N-dealkylation sites (tertiary alicyclic amines) is 1. The monoisotopic (exact) mass is 501 g/mol. The van der Waals surface area contributed by atoms with Crippen molar-refractivity contribution in [1.82, 2.24) is 19.8 Å². The van der Waals surface area contributed by atoms with Crippen LogP contribution in [0.1, 0.15) is 52.5 Å². The Kier molecular flexibility index (Phi) is 6.99. The van der Waals surface area contributed by atoms with E-state index < -0.39 is 0 Å². The fraction of sp³-hybridized carbons (Fsp3) is 0.393. The molecule has 3 aromatic rings. The number of nitrogens with one attached hydrogen (secondary N) is 2. The number of benzene rings is 2. The lowest BCUT2D eigenvalue weighted by Gasteiger charge is -2.41. The molecule has 2 aliphatic heterocycles. The van der Waals surface area contributed by atoms with E-state index in [4.69, 9.17) is 15.6 Å². The maximum Gasteiger partial charge on any atom is 0.254 e. The normalized spacial score (nSPS) is 19.4. The first-order valence-corrected chi connectivity index (χ1v) is 12.7. The van der Waals surface area contributed by atoms with Crippen molar-refractivity contribution in [3.63, 3.8) is 0 Å². The molecule has 2 aliphatic rings. The molecule has 0 spiro atoms. The number of carbonyl (C=O) groups is 1.